The van der Waals surface area contributed by atoms with E-state index in [-0.39, 0.29) is 36.8 Å². The van der Waals surface area contributed by atoms with E-state index in [9.17, 15) is 26.7 Å². The molecule has 1 amide bonds. The first-order chi connectivity index (χ1) is 12.5. The molecule has 4 aliphatic rings. The van der Waals surface area contributed by atoms with Gasteiger partial charge in [0.05, 0.1) is 12.0 Å². The van der Waals surface area contributed by atoms with Gasteiger partial charge in [-0.2, -0.15) is 13.2 Å². The molecule has 0 aromatic carbocycles. The Kier molecular flexibility index (Phi) is 4.31. The second-order valence-corrected chi connectivity index (χ2v) is 9.11. The van der Waals surface area contributed by atoms with Crippen molar-refractivity contribution >= 4 is 5.91 Å². The summed E-state index contributed by atoms with van der Waals surface area (Å²) < 4.78 is 68.1. The van der Waals surface area contributed by atoms with Crippen LogP contribution in [0.3, 0.4) is 0 Å². The van der Waals surface area contributed by atoms with Gasteiger partial charge in [-0.05, 0) is 52.1 Å². The number of halogens is 5. The van der Waals surface area contributed by atoms with Crippen molar-refractivity contribution in [2.24, 2.45) is 11.3 Å². The molecule has 2 saturated carbocycles. The fraction of sp³-hybridized carbons (Fsp3) is 0.944. The van der Waals surface area contributed by atoms with Gasteiger partial charge in [0.15, 0.2) is 0 Å². The van der Waals surface area contributed by atoms with Gasteiger partial charge in [-0.15, -0.1) is 0 Å². The van der Waals surface area contributed by atoms with Gasteiger partial charge in [-0.25, -0.2) is 8.78 Å². The third-order valence-electron chi connectivity index (χ3n) is 7.13. The first kappa shape index (κ1) is 19.4. The molecule has 9 heteroatoms. The number of piperidine rings is 1. The average Bonchev–Trinajstić information content (AvgIpc) is 3.44. The van der Waals surface area contributed by atoms with E-state index >= 15 is 0 Å². The van der Waals surface area contributed by atoms with Gasteiger partial charge in [0, 0.05) is 24.5 Å². The maximum Gasteiger partial charge on any atom is 0.395 e. The van der Waals surface area contributed by atoms with Gasteiger partial charge in [-0.1, -0.05) is 0 Å². The Hall–Kier alpha value is -0.960. The molecule has 4 fully saturated rings. The van der Waals surface area contributed by atoms with Crippen LogP contribution in [0.2, 0.25) is 0 Å². The lowest BCUT2D eigenvalue weighted by Gasteiger charge is -2.37. The summed E-state index contributed by atoms with van der Waals surface area (Å²) in [6, 6.07) is -1.41. The molecule has 4 nitrogen and oxygen atoms in total. The second-order valence-electron chi connectivity index (χ2n) is 9.11. The van der Waals surface area contributed by atoms with Gasteiger partial charge >= 0.3 is 6.18 Å². The zero-order chi connectivity index (χ0) is 19.7. The lowest BCUT2D eigenvalue weighted by atomic mass is 9.88. The van der Waals surface area contributed by atoms with Crippen LogP contribution in [0.1, 0.15) is 38.5 Å². The van der Waals surface area contributed by atoms with E-state index in [2.05, 4.69) is 10.2 Å². The molecule has 0 aromatic heterocycles. The van der Waals surface area contributed by atoms with Gasteiger partial charge in [0.2, 0.25) is 5.91 Å². The van der Waals surface area contributed by atoms with Gasteiger partial charge in [0.25, 0.3) is 5.92 Å². The summed E-state index contributed by atoms with van der Waals surface area (Å²) in [7, 11) is 2.03. The van der Waals surface area contributed by atoms with Crippen molar-refractivity contribution in [1.82, 2.24) is 15.1 Å². The van der Waals surface area contributed by atoms with Crippen molar-refractivity contribution in [3.05, 3.63) is 0 Å². The summed E-state index contributed by atoms with van der Waals surface area (Å²) in [5.41, 5.74) is -1.79. The van der Waals surface area contributed by atoms with Crippen molar-refractivity contribution in [3.63, 3.8) is 0 Å². The predicted octanol–water partition coefficient (Wildman–Crippen LogP) is 2.64. The highest BCUT2D eigenvalue weighted by Gasteiger charge is 2.65. The Balaban J connectivity index is 1.35. The molecule has 0 aromatic rings. The predicted molar refractivity (Wildman–Crippen MR) is 88.4 cm³/mol. The smallest absolute Gasteiger partial charge is 0.346 e. The Morgan fingerprint density at radius 3 is 2.41 bits per heavy atom. The van der Waals surface area contributed by atoms with E-state index < -0.39 is 36.6 Å². The quantitative estimate of drug-likeness (QED) is 0.744. The second kappa shape index (κ2) is 6.02. The number of hydrogen-bond acceptors (Lipinski definition) is 3. The van der Waals surface area contributed by atoms with E-state index in [0.29, 0.717) is 12.8 Å². The van der Waals surface area contributed by atoms with Gasteiger partial charge < -0.3 is 10.2 Å². The highest BCUT2D eigenvalue weighted by molar-refractivity contribution is 5.79. The van der Waals surface area contributed by atoms with Crippen LogP contribution in [0, 0.1) is 11.3 Å². The van der Waals surface area contributed by atoms with Crippen LogP contribution in [0.4, 0.5) is 22.0 Å². The molecule has 2 aliphatic carbocycles. The van der Waals surface area contributed by atoms with Crippen LogP contribution in [0.5, 0.6) is 0 Å². The minimum Gasteiger partial charge on any atom is -0.346 e. The fourth-order valence-corrected chi connectivity index (χ4v) is 4.79. The molecule has 2 saturated heterocycles. The van der Waals surface area contributed by atoms with E-state index in [0.717, 1.165) is 19.4 Å². The summed E-state index contributed by atoms with van der Waals surface area (Å²) >= 11 is 0. The zero-order valence-corrected chi connectivity index (χ0v) is 15.4. The molecular weight excluding hydrogens is 369 g/mol. The van der Waals surface area contributed by atoms with E-state index in [1.54, 1.807) is 0 Å². The molecule has 4 rings (SSSR count). The van der Waals surface area contributed by atoms with Crippen LogP contribution in [0.25, 0.3) is 0 Å². The maximum atomic E-state index is 14.4. The first-order valence-electron chi connectivity index (χ1n) is 9.65. The van der Waals surface area contributed by atoms with Crippen LogP contribution in [-0.2, 0) is 4.79 Å². The van der Waals surface area contributed by atoms with E-state index in [1.807, 2.05) is 7.05 Å². The van der Waals surface area contributed by atoms with Crippen molar-refractivity contribution in [2.75, 3.05) is 33.2 Å². The lowest BCUT2D eigenvalue weighted by molar-refractivity contribution is -0.191. The number of likely N-dealkylation sites (tertiary alicyclic amines) is 2. The molecule has 2 aliphatic heterocycles. The summed E-state index contributed by atoms with van der Waals surface area (Å²) in [6.45, 7) is -0.601. The Labute approximate surface area is 155 Å². The fourth-order valence-electron chi connectivity index (χ4n) is 4.79. The largest absolute Gasteiger partial charge is 0.395 e. The Morgan fingerprint density at radius 1 is 1.19 bits per heavy atom. The summed E-state index contributed by atoms with van der Waals surface area (Å²) in [5.74, 6) is -3.88. The van der Waals surface area contributed by atoms with E-state index in [4.69, 9.17) is 0 Å². The monoisotopic (exact) mass is 395 g/mol. The Bertz CT molecular complexity index is 615. The Morgan fingerprint density at radius 2 is 1.85 bits per heavy atom. The molecular formula is C18H26F5N3O. The van der Waals surface area contributed by atoms with Crippen molar-refractivity contribution in [1.29, 1.82) is 0 Å². The number of nitrogens with one attached hydrogen (secondary N) is 1. The van der Waals surface area contributed by atoms with E-state index in [1.165, 1.54) is 4.90 Å². The number of hydrogen-bond donors (Lipinski definition) is 1. The molecule has 0 radical (unpaired) electrons. The lowest BCUT2D eigenvalue weighted by Crippen LogP contribution is -2.52. The third kappa shape index (κ3) is 3.45. The summed E-state index contributed by atoms with van der Waals surface area (Å²) in [6.07, 6.45) is -1.02. The van der Waals surface area contributed by atoms with Crippen molar-refractivity contribution < 1.29 is 26.7 Å². The highest BCUT2D eigenvalue weighted by Crippen LogP contribution is 2.58. The topological polar surface area (TPSA) is 35.6 Å². The molecule has 2 unspecified atom stereocenters. The first-order valence-corrected chi connectivity index (χ1v) is 9.65. The number of rotatable bonds is 4. The number of amides is 1. The van der Waals surface area contributed by atoms with Crippen LogP contribution in [0.15, 0.2) is 0 Å². The molecule has 154 valence electrons. The van der Waals surface area contributed by atoms with Gasteiger partial charge in [0.1, 0.15) is 6.04 Å². The van der Waals surface area contributed by atoms with Crippen LogP contribution >= 0.6 is 0 Å². The number of alkyl halides is 5. The minimum absolute atomic E-state index is 0.00667. The summed E-state index contributed by atoms with van der Waals surface area (Å²) in [4.78, 5) is 16.0. The number of carbonyl (C=O) groups is 1. The van der Waals surface area contributed by atoms with Crippen molar-refractivity contribution in [2.45, 2.75) is 62.2 Å². The standard InChI is InChI=1S/C18H26F5N3O/c1-25-7-2-12(8-16(25)5-6-16)14(27)24-13-9-26(11-17(13,19)20)10-15(3-4-15)18(21,22)23/h12-13H,2-11H2,1H3,(H,24,27). The zero-order valence-electron chi connectivity index (χ0n) is 15.4. The van der Waals surface area contributed by atoms with Gasteiger partial charge in [-0.3, -0.25) is 9.69 Å². The number of nitrogens with zero attached hydrogens (tertiary/aromatic N) is 2. The summed E-state index contributed by atoms with van der Waals surface area (Å²) in [5, 5.41) is 2.46. The SMILES string of the molecule is CN1CCC(C(=O)NC2CN(CC3(C(F)(F)F)CC3)CC2(F)F)CC12CC2. The van der Waals surface area contributed by atoms with Crippen LogP contribution in [-0.4, -0.2) is 72.6 Å². The number of carbonyl (C=O) groups excluding carboxylic acids is 1. The molecule has 1 spiro atoms. The highest BCUT2D eigenvalue weighted by atomic mass is 19.4. The molecule has 2 atom stereocenters. The molecule has 0 bridgehead atoms. The average molecular weight is 395 g/mol. The normalized spacial score (nSPS) is 34.6. The molecule has 27 heavy (non-hydrogen) atoms. The molecule has 1 N–H and O–H groups in total. The molecule has 2 heterocycles. The maximum absolute atomic E-state index is 14.4. The third-order valence-corrected chi connectivity index (χ3v) is 7.13. The van der Waals surface area contributed by atoms with Crippen LogP contribution < -0.4 is 5.32 Å². The van der Waals surface area contributed by atoms with Crippen molar-refractivity contribution in [3.8, 4) is 0 Å². The minimum atomic E-state index is -4.36.